The third kappa shape index (κ3) is 2.76. The molecule has 70 valence electrons. The summed E-state index contributed by atoms with van der Waals surface area (Å²) in [4.78, 5) is 0. The maximum atomic E-state index is 5.69. The van der Waals surface area contributed by atoms with E-state index in [9.17, 15) is 0 Å². The molecule has 0 bridgehead atoms. The van der Waals surface area contributed by atoms with Gasteiger partial charge in [-0.25, -0.2) is 0 Å². The first kappa shape index (κ1) is 8.52. The molecule has 2 aliphatic rings. The minimum absolute atomic E-state index is 0.620. The predicted molar refractivity (Wildman–Crippen MR) is 49.2 cm³/mol. The Bertz CT molecular complexity index is 126. The zero-order valence-corrected chi connectivity index (χ0v) is 7.72. The Morgan fingerprint density at radius 3 is 2.83 bits per heavy atom. The van der Waals surface area contributed by atoms with Crippen LogP contribution in [0.2, 0.25) is 0 Å². The molecule has 1 saturated heterocycles. The second-order valence-corrected chi connectivity index (χ2v) is 4.03. The highest BCUT2D eigenvalue weighted by Gasteiger charge is 2.23. The van der Waals surface area contributed by atoms with Crippen molar-refractivity contribution in [3.8, 4) is 0 Å². The van der Waals surface area contributed by atoms with Gasteiger partial charge in [-0.05, 0) is 32.2 Å². The van der Waals surface area contributed by atoms with Crippen molar-refractivity contribution in [2.75, 3.05) is 13.2 Å². The Kier molecular flexibility index (Phi) is 3.01. The molecule has 2 heteroatoms. The summed E-state index contributed by atoms with van der Waals surface area (Å²) in [5, 5.41) is 3.54. The van der Waals surface area contributed by atoms with Crippen LogP contribution in [0.4, 0.5) is 0 Å². The molecule has 1 unspecified atom stereocenters. The van der Waals surface area contributed by atoms with Gasteiger partial charge < -0.3 is 10.1 Å². The molecule has 1 atom stereocenters. The first-order valence-corrected chi connectivity index (χ1v) is 5.30. The van der Waals surface area contributed by atoms with Gasteiger partial charge >= 0.3 is 0 Å². The smallest absolute Gasteiger partial charge is 0.0623 e. The van der Waals surface area contributed by atoms with Crippen LogP contribution in [0.3, 0.4) is 0 Å². The van der Waals surface area contributed by atoms with Gasteiger partial charge in [0, 0.05) is 6.04 Å². The number of rotatable bonds is 3. The summed E-state index contributed by atoms with van der Waals surface area (Å²) in [6, 6.07) is 0.646. The molecule has 2 fully saturated rings. The minimum Gasteiger partial charge on any atom is -0.377 e. The number of hydrogen-bond acceptors (Lipinski definition) is 2. The lowest BCUT2D eigenvalue weighted by Gasteiger charge is -2.15. The fourth-order valence-electron chi connectivity index (χ4n) is 1.73. The Balaban J connectivity index is 1.62. The lowest BCUT2D eigenvalue weighted by Crippen LogP contribution is -2.32. The Morgan fingerprint density at radius 2 is 2.00 bits per heavy atom. The normalized spacial score (nSPS) is 31.5. The fraction of sp³-hybridized carbons (Fsp3) is 1.00. The van der Waals surface area contributed by atoms with Crippen LogP contribution in [0.25, 0.3) is 0 Å². The van der Waals surface area contributed by atoms with Crippen molar-refractivity contribution in [3.63, 3.8) is 0 Å². The van der Waals surface area contributed by atoms with Gasteiger partial charge in [-0.15, -0.1) is 0 Å². The molecule has 1 N–H and O–H groups in total. The average molecular weight is 169 g/mol. The minimum atomic E-state index is 0.620. The molecule has 0 radical (unpaired) electrons. The Hall–Kier alpha value is -0.0800. The summed E-state index contributed by atoms with van der Waals surface area (Å²) in [7, 11) is 0. The zero-order chi connectivity index (χ0) is 8.23. The standard InChI is InChI=1S/C10H19NO/c1-2-4-9(11-7-3-1)8-12-10-5-6-10/h9-11H,1-8H2. The molecule has 0 aromatic carbocycles. The van der Waals surface area contributed by atoms with E-state index in [2.05, 4.69) is 5.32 Å². The Morgan fingerprint density at radius 1 is 1.08 bits per heavy atom. The summed E-state index contributed by atoms with van der Waals surface area (Å²) in [5.74, 6) is 0. The second-order valence-electron chi connectivity index (χ2n) is 4.03. The maximum Gasteiger partial charge on any atom is 0.0623 e. The van der Waals surface area contributed by atoms with Gasteiger partial charge in [0.05, 0.1) is 12.7 Å². The summed E-state index contributed by atoms with van der Waals surface area (Å²) in [6.45, 7) is 2.14. The van der Waals surface area contributed by atoms with E-state index in [-0.39, 0.29) is 0 Å². The molecule has 1 saturated carbocycles. The van der Waals surface area contributed by atoms with E-state index in [1.165, 1.54) is 45.1 Å². The topological polar surface area (TPSA) is 21.3 Å². The van der Waals surface area contributed by atoms with Crippen LogP contribution >= 0.6 is 0 Å². The summed E-state index contributed by atoms with van der Waals surface area (Å²) in [6.07, 6.45) is 8.65. The van der Waals surface area contributed by atoms with Gasteiger partial charge in [-0.1, -0.05) is 12.8 Å². The largest absolute Gasteiger partial charge is 0.377 e. The highest BCUT2D eigenvalue weighted by atomic mass is 16.5. The van der Waals surface area contributed by atoms with Crippen LogP contribution < -0.4 is 5.32 Å². The van der Waals surface area contributed by atoms with E-state index in [0.29, 0.717) is 12.1 Å². The van der Waals surface area contributed by atoms with E-state index in [1.807, 2.05) is 0 Å². The van der Waals surface area contributed by atoms with E-state index in [1.54, 1.807) is 0 Å². The molecular weight excluding hydrogens is 150 g/mol. The molecular formula is C10H19NO. The predicted octanol–water partition coefficient (Wildman–Crippen LogP) is 1.70. The first-order chi connectivity index (χ1) is 5.95. The summed E-state index contributed by atoms with van der Waals surface area (Å²) in [5.41, 5.74) is 0. The van der Waals surface area contributed by atoms with Crippen molar-refractivity contribution >= 4 is 0 Å². The van der Waals surface area contributed by atoms with Crippen molar-refractivity contribution in [2.24, 2.45) is 0 Å². The lowest BCUT2D eigenvalue weighted by atomic mass is 10.1. The zero-order valence-electron chi connectivity index (χ0n) is 7.72. The van der Waals surface area contributed by atoms with Crippen LogP contribution in [-0.4, -0.2) is 25.3 Å². The van der Waals surface area contributed by atoms with Gasteiger partial charge in [0.25, 0.3) is 0 Å². The van der Waals surface area contributed by atoms with Crippen molar-refractivity contribution in [1.29, 1.82) is 0 Å². The quantitative estimate of drug-likeness (QED) is 0.694. The Labute approximate surface area is 74.7 Å². The van der Waals surface area contributed by atoms with Crippen molar-refractivity contribution in [1.82, 2.24) is 5.32 Å². The van der Waals surface area contributed by atoms with Crippen molar-refractivity contribution in [2.45, 2.75) is 50.7 Å². The fourth-order valence-corrected chi connectivity index (χ4v) is 1.73. The van der Waals surface area contributed by atoms with E-state index >= 15 is 0 Å². The molecule has 12 heavy (non-hydrogen) atoms. The molecule has 1 aliphatic heterocycles. The van der Waals surface area contributed by atoms with Gasteiger partial charge in [0.15, 0.2) is 0 Å². The third-order valence-corrected chi connectivity index (χ3v) is 2.72. The number of ether oxygens (including phenoxy) is 1. The van der Waals surface area contributed by atoms with E-state index in [0.717, 1.165) is 6.61 Å². The molecule has 0 aromatic rings. The molecule has 0 aromatic heterocycles. The first-order valence-electron chi connectivity index (χ1n) is 5.30. The van der Waals surface area contributed by atoms with Crippen molar-refractivity contribution < 1.29 is 4.74 Å². The molecule has 1 aliphatic carbocycles. The third-order valence-electron chi connectivity index (χ3n) is 2.72. The van der Waals surface area contributed by atoms with Gasteiger partial charge in [-0.2, -0.15) is 0 Å². The summed E-state index contributed by atoms with van der Waals surface area (Å²) >= 11 is 0. The van der Waals surface area contributed by atoms with Crippen LogP contribution in [0.1, 0.15) is 38.5 Å². The van der Waals surface area contributed by atoms with Crippen LogP contribution in [0.5, 0.6) is 0 Å². The van der Waals surface area contributed by atoms with Gasteiger partial charge in [0.1, 0.15) is 0 Å². The van der Waals surface area contributed by atoms with E-state index < -0.39 is 0 Å². The van der Waals surface area contributed by atoms with Crippen LogP contribution in [-0.2, 0) is 4.74 Å². The summed E-state index contributed by atoms with van der Waals surface area (Å²) < 4.78 is 5.69. The monoisotopic (exact) mass is 169 g/mol. The highest BCUT2D eigenvalue weighted by molar-refractivity contribution is 4.76. The highest BCUT2D eigenvalue weighted by Crippen LogP contribution is 2.24. The second kappa shape index (κ2) is 4.24. The molecule has 0 amide bonds. The molecule has 0 spiro atoms. The average Bonchev–Trinajstić information content (AvgIpc) is 2.90. The molecule has 2 nitrogen and oxygen atoms in total. The molecule has 1 heterocycles. The van der Waals surface area contributed by atoms with Crippen LogP contribution in [0, 0.1) is 0 Å². The van der Waals surface area contributed by atoms with Crippen molar-refractivity contribution in [3.05, 3.63) is 0 Å². The van der Waals surface area contributed by atoms with Gasteiger partial charge in [0.2, 0.25) is 0 Å². The van der Waals surface area contributed by atoms with Gasteiger partial charge in [-0.3, -0.25) is 0 Å². The van der Waals surface area contributed by atoms with Crippen LogP contribution in [0.15, 0.2) is 0 Å². The van der Waals surface area contributed by atoms with E-state index in [4.69, 9.17) is 4.74 Å². The molecule has 2 rings (SSSR count). The maximum absolute atomic E-state index is 5.69. The number of hydrogen-bond donors (Lipinski definition) is 1. The number of nitrogens with one attached hydrogen (secondary N) is 1. The lowest BCUT2D eigenvalue weighted by molar-refractivity contribution is 0.0966. The SMILES string of the molecule is C1CCNC(COC2CC2)CC1.